The number of rotatable bonds is 5. The van der Waals surface area contributed by atoms with Gasteiger partial charge in [0.05, 0.1) is 5.56 Å². The van der Waals surface area contributed by atoms with Gasteiger partial charge in [-0.15, -0.1) is 12.4 Å². The standard InChI is InChI=1S/C18H27NO2.ClH/c1-14-9-11-19(12-10-14)13-15(2)16(3)21-18(20)17-7-5-4-6-8-17;/h4-8,14-16H,9-13H2,1-3H3;1H. The molecule has 1 fully saturated rings. The average Bonchev–Trinajstić information content (AvgIpc) is 2.50. The number of benzene rings is 1. The molecule has 22 heavy (non-hydrogen) atoms. The fourth-order valence-corrected chi connectivity index (χ4v) is 2.73. The molecular weight excluding hydrogens is 298 g/mol. The number of likely N-dealkylation sites (tertiary alicyclic amines) is 1. The quantitative estimate of drug-likeness (QED) is 0.766. The summed E-state index contributed by atoms with van der Waals surface area (Å²) in [6, 6.07) is 9.22. The van der Waals surface area contributed by atoms with Crippen molar-refractivity contribution in [2.75, 3.05) is 19.6 Å². The molecule has 2 rings (SSSR count). The maximum absolute atomic E-state index is 12.1. The average molecular weight is 326 g/mol. The van der Waals surface area contributed by atoms with Crippen LogP contribution < -0.4 is 0 Å². The first-order valence-corrected chi connectivity index (χ1v) is 8.04. The second kappa shape index (κ2) is 9.16. The Labute approximate surface area is 140 Å². The summed E-state index contributed by atoms with van der Waals surface area (Å²) in [5.41, 5.74) is 0.628. The molecule has 0 N–H and O–H groups in total. The molecule has 3 nitrogen and oxygen atoms in total. The van der Waals surface area contributed by atoms with Crippen molar-refractivity contribution in [2.24, 2.45) is 11.8 Å². The highest BCUT2D eigenvalue weighted by atomic mass is 35.5. The summed E-state index contributed by atoms with van der Waals surface area (Å²) in [6.07, 6.45) is 2.51. The predicted molar refractivity (Wildman–Crippen MR) is 92.6 cm³/mol. The molecule has 2 unspecified atom stereocenters. The molecule has 0 radical (unpaired) electrons. The fourth-order valence-electron chi connectivity index (χ4n) is 2.73. The lowest BCUT2D eigenvalue weighted by molar-refractivity contribution is 0.0150. The van der Waals surface area contributed by atoms with Crippen LogP contribution in [0.15, 0.2) is 30.3 Å². The van der Waals surface area contributed by atoms with Crippen LogP contribution in [0.25, 0.3) is 0 Å². The van der Waals surface area contributed by atoms with Crippen molar-refractivity contribution in [1.82, 2.24) is 4.90 Å². The van der Waals surface area contributed by atoms with E-state index in [1.54, 1.807) is 12.1 Å². The largest absolute Gasteiger partial charge is 0.459 e. The first kappa shape index (κ1) is 19.0. The monoisotopic (exact) mass is 325 g/mol. The van der Waals surface area contributed by atoms with Crippen LogP contribution in [-0.4, -0.2) is 36.6 Å². The van der Waals surface area contributed by atoms with Crippen LogP contribution in [0, 0.1) is 11.8 Å². The third-order valence-electron chi connectivity index (χ3n) is 4.53. The molecule has 0 saturated carbocycles. The second-order valence-electron chi connectivity index (χ2n) is 6.44. The van der Waals surface area contributed by atoms with E-state index in [1.165, 1.54) is 25.9 Å². The number of esters is 1. The molecule has 4 heteroatoms. The number of ether oxygens (including phenoxy) is 1. The van der Waals surface area contributed by atoms with Crippen LogP contribution >= 0.6 is 12.4 Å². The molecule has 0 aliphatic carbocycles. The number of hydrogen-bond donors (Lipinski definition) is 0. The van der Waals surface area contributed by atoms with E-state index < -0.39 is 0 Å². The molecule has 2 atom stereocenters. The van der Waals surface area contributed by atoms with Crippen LogP contribution in [-0.2, 0) is 4.74 Å². The predicted octanol–water partition coefficient (Wildman–Crippen LogP) is 4.02. The summed E-state index contributed by atoms with van der Waals surface area (Å²) in [5.74, 6) is 0.984. The van der Waals surface area contributed by atoms with Gasteiger partial charge in [0.2, 0.25) is 0 Å². The van der Waals surface area contributed by atoms with Crippen molar-refractivity contribution in [1.29, 1.82) is 0 Å². The molecule has 0 spiro atoms. The van der Waals surface area contributed by atoms with E-state index in [4.69, 9.17) is 4.74 Å². The van der Waals surface area contributed by atoms with Crippen LogP contribution in [0.2, 0.25) is 0 Å². The van der Waals surface area contributed by atoms with Crippen LogP contribution in [0.4, 0.5) is 0 Å². The fraction of sp³-hybridized carbons (Fsp3) is 0.611. The molecule has 1 aromatic rings. The van der Waals surface area contributed by atoms with Crippen molar-refractivity contribution >= 4 is 18.4 Å². The van der Waals surface area contributed by atoms with Gasteiger partial charge in [-0.1, -0.05) is 32.0 Å². The molecule has 0 bridgehead atoms. The highest BCUT2D eigenvalue weighted by molar-refractivity contribution is 5.89. The van der Waals surface area contributed by atoms with Gasteiger partial charge < -0.3 is 9.64 Å². The molecule has 0 aromatic heterocycles. The zero-order valence-corrected chi connectivity index (χ0v) is 14.6. The SMILES string of the molecule is CC1CCN(CC(C)C(C)OC(=O)c2ccccc2)CC1.Cl. The van der Waals surface area contributed by atoms with Gasteiger partial charge in [-0.05, 0) is 50.9 Å². The Morgan fingerprint density at radius 3 is 2.41 bits per heavy atom. The van der Waals surface area contributed by atoms with Crippen LogP contribution in [0.5, 0.6) is 0 Å². The van der Waals surface area contributed by atoms with Crippen LogP contribution in [0.1, 0.15) is 44.0 Å². The van der Waals surface area contributed by atoms with Gasteiger partial charge in [0, 0.05) is 12.5 Å². The topological polar surface area (TPSA) is 29.5 Å². The van der Waals surface area contributed by atoms with E-state index in [0.717, 1.165) is 12.5 Å². The Morgan fingerprint density at radius 1 is 1.23 bits per heavy atom. The van der Waals surface area contributed by atoms with E-state index in [0.29, 0.717) is 11.5 Å². The number of carbonyl (C=O) groups excluding carboxylic acids is 1. The molecule has 1 saturated heterocycles. The van der Waals surface area contributed by atoms with Crippen molar-refractivity contribution in [3.05, 3.63) is 35.9 Å². The summed E-state index contributed by atoms with van der Waals surface area (Å²) < 4.78 is 5.60. The Hall–Kier alpha value is -1.06. The molecule has 1 aliphatic rings. The molecule has 1 heterocycles. The lowest BCUT2D eigenvalue weighted by atomic mass is 9.97. The maximum Gasteiger partial charge on any atom is 0.338 e. The minimum absolute atomic E-state index is 0. The zero-order chi connectivity index (χ0) is 15.2. The van der Waals surface area contributed by atoms with Crippen molar-refractivity contribution < 1.29 is 9.53 Å². The summed E-state index contributed by atoms with van der Waals surface area (Å²) in [6.45, 7) is 9.84. The Morgan fingerprint density at radius 2 is 1.82 bits per heavy atom. The summed E-state index contributed by atoms with van der Waals surface area (Å²) in [4.78, 5) is 14.6. The number of hydrogen-bond acceptors (Lipinski definition) is 3. The van der Waals surface area contributed by atoms with Gasteiger partial charge in [-0.25, -0.2) is 4.79 Å². The number of nitrogens with zero attached hydrogens (tertiary/aromatic N) is 1. The summed E-state index contributed by atoms with van der Waals surface area (Å²) in [7, 11) is 0. The van der Waals surface area contributed by atoms with E-state index >= 15 is 0 Å². The van der Waals surface area contributed by atoms with E-state index in [9.17, 15) is 4.79 Å². The Bertz CT molecular complexity index is 444. The Kier molecular flexibility index (Phi) is 7.91. The molecular formula is C18H28ClNO2. The highest BCUT2D eigenvalue weighted by Crippen LogP contribution is 2.19. The van der Waals surface area contributed by atoms with Gasteiger partial charge in [-0.3, -0.25) is 0 Å². The van der Waals surface area contributed by atoms with Gasteiger partial charge in [-0.2, -0.15) is 0 Å². The number of piperidine rings is 1. The van der Waals surface area contributed by atoms with Gasteiger partial charge in [0.15, 0.2) is 0 Å². The van der Waals surface area contributed by atoms with Crippen molar-refractivity contribution in [3.8, 4) is 0 Å². The van der Waals surface area contributed by atoms with Crippen molar-refractivity contribution in [3.63, 3.8) is 0 Å². The second-order valence-corrected chi connectivity index (χ2v) is 6.44. The minimum Gasteiger partial charge on any atom is -0.459 e. The number of halogens is 1. The Balaban J connectivity index is 0.00000242. The first-order chi connectivity index (χ1) is 10.1. The first-order valence-electron chi connectivity index (χ1n) is 8.04. The summed E-state index contributed by atoms with van der Waals surface area (Å²) >= 11 is 0. The van der Waals surface area contributed by atoms with Crippen LogP contribution in [0.3, 0.4) is 0 Å². The third kappa shape index (κ3) is 5.62. The van der Waals surface area contributed by atoms with E-state index in [2.05, 4.69) is 18.7 Å². The third-order valence-corrected chi connectivity index (χ3v) is 4.53. The lowest BCUT2D eigenvalue weighted by Crippen LogP contribution is -2.39. The molecule has 0 amide bonds. The van der Waals surface area contributed by atoms with E-state index in [-0.39, 0.29) is 24.5 Å². The molecule has 1 aromatic carbocycles. The van der Waals surface area contributed by atoms with Crippen molar-refractivity contribution in [2.45, 2.75) is 39.7 Å². The van der Waals surface area contributed by atoms with Gasteiger partial charge in [0.25, 0.3) is 0 Å². The number of carbonyl (C=O) groups is 1. The van der Waals surface area contributed by atoms with Gasteiger partial charge >= 0.3 is 5.97 Å². The molecule has 1 aliphatic heterocycles. The smallest absolute Gasteiger partial charge is 0.338 e. The lowest BCUT2D eigenvalue weighted by Gasteiger charge is -2.33. The molecule has 124 valence electrons. The van der Waals surface area contributed by atoms with Gasteiger partial charge in [0.1, 0.15) is 6.10 Å². The minimum atomic E-state index is -0.220. The normalized spacial score (nSPS) is 19.0. The zero-order valence-electron chi connectivity index (χ0n) is 13.8. The van der Waals surface area contributed by atoms with E-state index in [1.807, 2.05) is 25.1 Å². The summed E-state index contributed by atoms with van der Waals surface area (Å²) in [5, 5.41) is 0. The maximum atomic E-state index is 12.1. The highest BCUT2D eigenvalue weighted by Gasteiger charge is 2.22.